The number of hydrogen-bond acceptors (Lipinski definition) is 2. The summed E-state index contributed by atoms with van der Waals surface area (Å²) in [6.45, 7) is 0. The second-order valence-corrected chi connectivity index (χ2v) is 1.76. The molecule has 0 radical (unpaired) electrons. The lowest BCUT2D eigenvalue weighted by molar-refractivity contribution is -0.648. The first-order valence-electron chi connectivity index (χ1n) is 2.57. The molecular formula is C4H5N5. The van der Waals surface area contributed by atoms with Crippen LogP contribution in [0.25, 0.3) is 5.65 Å². The topological polar surface area (TPSA) is 48.9 Å². The summed E-state index contributed by atoms with van der Waals surface area (Å²) < 4.78 is 1.47. The van der Waals surface area contributed by atoms with Gasteiger partial charge in [0.25, 0.3) is 0 Å². The molecule has 46 valence electrons. The Labute approximate surface area is 50.9 Å². The van der Waals surface area contributed by atoms with Crippen molar-refractivity contribution in [2.24, 2.45) is 7.05 Å². The van der Waals surface area contributed by atoms with Gasteiger partial charge in [-0.3, -0.25) is 0 Å². The Kier molecular flexibility index (Phi) is 0.652. The van der Waals surface area contributed by atoms with E-state index in [0.29, 0.717) is 0 Å². The minimum Gasteiger partial charge on any atom is -0.308 e. The van der Waals surface area contributed by atoms with Gasteiger partial charge in [-0.05, 0) is 6.20 Å². The van der Waals surface area contributed by atoms with Crippen molar-refractivity contribution in [3.63, 3.8) is 0 Å². The Hall–Kier alpha value is -1.39. The maximum Gasteiger partial charge on any atom is 0.308 e. The smallest absolute Gasteiger partial charge is 0.308 e. The molecule has 0 aliphatic heterocycles. The van der Waals surface area contributed by atoms with Crippen LogP contribution in [-0.4, -0.2) is 15.1 Å². The van der Waals surface area contributed by atoms with E-state index in [1.807, 2.05) is 0 Å². The minimum absolute atomic E-state index is 0.775. The average Bonchev–Trinajstić information content (AvgIpc) is 2.22. The second kappa shape index (κ2) is 1.31. The van der Waals surface area contributed by atoms with Crippen molar-refractivity contribution in [3.05, 3.63) is 12.3 Å². The maximum atomic E-state index is 3.98. The molecule has 5 nitrogen and oxygen atoms in total. The summed E-state index contributed by atoms with van der Waals surface area (Å²) in [5, 5.41) is 11.7. The molecule has 0 saturated carbocycles. The number of tetrazole rings is 1. The van der Waals surface area contributed by atoms with Gasteiger partial charge in [0, 0.05) is 11.2 Å². The van der Waals surface area contributed by atoms with Gasteiger partial charge < -0.3 is 5.10 Å². The Bertz CT molecular complexity index is 290. The summed E-state index contributed by atoms with van der Waals surface area (Å²) in [6, 6.07) is 1.80. The van der Waals surface area contributed by atoms with Crippen molar-refractivity contribution >= 4 is 5.65 Å². The zero-order chi connectivity index (χ0) is 6.27. The molecule has 0 aliphatic carbocycles. The lowest BCUT2D eigenvalue weighted by Gasteiger charge is -1.78. The van der Waals surface area contributed by atoms with Crippen LogP contribution < -0.4 is 9.73 Å². The third-order valence-electron chi connectivity index (χ3n) is 1.07. The van der Waals surface area contributed by atoms with Crippen LogP contribution in [0.2, 0.25) is 0 Å². The number of nitrogens with zero attached hydrogens (tertiary/aromatic N) is 5. The molecule has 0 fully saturated rings. The number of hydrogen-bond donors (Lipinski definition) is 0. The molecule has 0 bridgehead atoms. The van der Waals surface area contributed by atoms with Crippen LogP contribution in [0.4, 0.5) is 0 Å². The molecular weight excluding hydrogens is 118 g/mol. The predicted molar refractivity (Wildman–Crippen MR) is 27.5 cm³/mol. The molecule has 2 aromatic rings. The zero-order valence-corrected chi connectivity index (χ0v) is 4.89. The summed E-state index contributed by atoms with van der Waals surface area (Å²) in [5.74, 6) is 0. The number of aryl methyl sites for hydroxylation is 1. The van der Waals surface area contributed by atoms with Crippen LogP contribution in [0.3, 0.4) is 0 Å². The minimum atomic E-state index is 0.775. The van der Waals surface area contributed by atoms with E-state index in [1.165, 1.54) is 9.43 Å². The van der Waals surface area contributed by atoms with Gasteiger partial charge in [-0.1, -0.05) is 0 Å². The molecule has 0 saturated heterocycles. The molecule has 0 spiro atoms. The van der Waals surface area contributed by atoms with E-state index in [-0.39, 0.29) is 0 Å². The van der Waals surface area contributed by atoms with Crippen LogP contribution in [0, 0.1) is 0 Å². The van der Waals surface area contributed by atoms with E-state index >= 15 is 0 Å². The molecule has 0 aliphatic rings. The van der Waals surface area contributed by atoms with Crippen molar-refractivity contribution < 1.29 is 4.63 Å². The fraction of sp³-hybridized carbons (Fsp3) is 0.250. The van der Waals surface area contributed by atoms with Gasteiger partial charge in [-0.2, -0.15) is 4.63 Å². The Balaban J connectivity index is 2.92. The summed E-state index contributed by atoms with van der Waals surface area (Å²) >= 11 is 0. The van der Waals surface area contributed by atoms with Gasteiger partial charge >= 0.3 is 5.65 Å². The first kappa shape index (κ1) is 4.49. The van der Waals surface area contributed by atoms with Gasteiger partial charge in [0.15, 0.2) is 0 Å². The summed E-state index contributed by atoms with van der Waals surface area (Å²) in [7, 11) is 1.76. The van der Waals surface area contributed by atoms with E-state index < -0.39 is 0 Å². The third-order valence-corrected chi connectivity index (χ3v) is 1.07. The Morgan fingerprint density at radius 1 is 1.78 bits per heavy atom. The van der Waals surface area contributed by atoms with E-state index in [2.05, 4.69) is 15.4 Å². The highest BCUT2D eigenvalue weighted by molar-refractivity contribution is 5.22. The molecule has 2 aromatic heterocycles. The van der Waals surface area contributed by atoms with Crippen molar-refractivity contribution in [1.29, 1.82) is 0 Å². The number of fused-ring (bicyclic) bond motifs is 1. The monoisotopic (exact) mass is 123 g/mol. The molecule has 0 N–H and O–H groups in total. The molecule has 2 rings (SSSR count). The van der Waals surface area contributed by atoms with E-state index in [0.717, 1.165) is 5.65 Å². The Morgan fingerprint density at radius 3 is 3.44 bits per heavy atom. The van der Waals surface area contributed by atoms with Crippen LogP contribution in [0.5, 0.6) is 0 Å². The fourth-order valence-corrected chi connectivity index (χ4v) is 0.722. The number of aromatic nitrogens is 5. The molecule has 0 aromatic carbocycles. The zero-order valence-electron chi connectivity index (χ0n) is 4.89. The van der Waals surface area contributed by atoms with Crippen LogP contribution >= 0.6 is 0 Å². The van der Waals surface area contributed by atoms with Gasteiger partial charge in [0.1, 0.15) is 0 Å². The number of rotatable bonds is 0. The lowest BCUT2D eigenvalue weighted by atomic mass is 10.7. The molecule has 0 unspecified atom stereocenters. The highest BCUT2D eigenvalue weighted by Crippen LogP contribution is 1.81. The quantitative estimate of drug-likeness (QED) is 0.401. The van der Waals surface area contributed by atoms with Gasteiger partial charge in [-0.15, -0.1) is 10.0 Å². The van der Waals surface area contributed by atoms with Crippen molar-refractivity contribution in [2.45, 2.75) is 0 Å². The van der Waals surface area contributed by atoms with Crippen LogP contribution in [0.15, 0.2) is 12.3 Å². The van der Waals surface area contributed by atoms with Crippen LogP contribution in [-0.2, 0) is 7.05 Å². The molecule has 2 heterocycles. The van der Waals surface area contributed by atoms with Crippen molar-refractivity contribution in [3.8, 4) is 0 Å². The molecule has 9 heavy (non-hydrogen) atoms. The highest BCUT2D eigenvalue weighted by atomic mass is 15.7. The van der Waals surface area contributed by atoms with Gasteiger partial charge in [0.2, 0.25) is 0 Å². The van der Waals surface area contributed by atoms with E-state index in [9.17, 15) is 0 Å². The summed E-state index contributed by atoms with van der Waals surface area (Å²) in [4.78, 5) is 1.47. The first-order valence-corrected chi connectivity index (χ1v) is 2.57. The largest absolute Gasteiger partial charge is 0.308 e. The SMILES string of the molecule is Cn1nc2cc[n-][n+]2n1. The lowest BCUT2D eigenvalue weighted by Crippen LogP contribution is -2.27. The van der Waals surface area contributed by atoms with E-state index in [4.69, 9.17) is 0 Å². The maximum absolute atomic E-state index is 3.98. The molecule has 0 atom stereocenters. The fourth-order valence-electron chi connectivity index (χ4n) is 0.722. The van der Waals surface area contributed by atoms with E-state index in [1.54, 1.807) is 19.3 Å². The first-order chi connectivity index (χ1) is 4.36. The normalized spacial score (nSPS) is 10.8. The second-order valence-electron chi connectivity index (χ2n) is 1.76. The van der Waals surface area contributed by atoms with Gasteiger partial charge in [0.05, 0.1) is 7.05 Å². The average molecular weight is 123 g/mol. The van der Waals surface area contributed by atoms with Gasteiger partial charge in [-0.25, -0.2) is 0 Å². The van der Waals surface area contributed by atoms with Crippen LogP contribution in [0.1, 0.15) is 0 Å². The predicted octanol–water partition coefficient (Wildman–Crippen LogP) is -1.49. The standard InChI is InChI=1S/C4H5N5/c1-8-6-4-2-3-5-9(4)7-8/h2-3H,1H3. The molecule has 0 amide bonds. The third kappa shape index (κ3) is 0.509. The summed E-state index contributed by atoms with van der Waals surface area (Å²) in [6.07, 6.45) is 1.66. The Morgan fingerprint density at radius 2 is 2.67 bits per heavy atom. The van der Waals surface area contributed by atoms with Crippen molar-refractivity contribution in [1.82, 2.24) is 20.2 Å². The van der Waals surface area contributed by atoms with Crippen molar-refractivity contribution in [2.75, 3.05) is 0 Å². The highest BCUT2D eigenvalue weighted by Gasteiger charge is 1.97. The molecule has 5 heteroatoms. The summed E-state index contributed by atoms with van der Waals surface area (Å²) in [5.41, 5.74) is 0.775.